The van der Waals surface area contributed by atoms with E-state index in [1.807, 2.05) is 0 Å². The van der Waals surface area contributed by atoms with E-state index < -0.39 is 17.9 Å². The molecule has 0 aliphatic heterocycles. The van der Waals surface area contributed by atoms with Gasteiger partial charge in [-0.3, -0.25) is 0 Å². The molecule has 4 nitrogen and oxygen atoms in total. The Morgan fingerprint density at radius 2 is 2.00 bits per heavy atom. The van der Waals surface area contributed by atoms with Gasteiger partial charge in [-0.25, -0.2) is 0 Å². The summed E-state index contributed by atoms with van der Waals surface area (Å²) in [6.07, 6.45) is -2.74. The van der Waals surface area contributed by atoms with Crippen molar-refractivity contribution < 1.29 is 17.9 Å². The Kier molecular flexibility index (Phi) is 2.60. The smallest absolute Gasteiger partial charge is 0.314 e. The molecule has 1 aromatic heterocycles. The molecule has 13 heavy (non-hydrogen) atoms. The summed E-state index contributed by atoms with van der Waals surface area (Å²) in [4.78, 5) is 0. The highest BCUT2D eigenvalue weighted by Gasteiger charge is 2.28. The molecule has 0 atom stereocenters. The summed E-state index contributed by atoms with van der Waals surface area (Å²) in [6.45, 7) is 3.30. The van der Waals surface area contributed by atoms with Crippen LogP contribution in [0.25, 0.3) is 0 Å². The van der Waals surface area contributed by atoms with Gasteiger partial charge in [-0.05, 0) is 13.8 Å². The molecule has 0 aliphatic carbocycles. The van der Waals surface area contributed by atoms with E-state index >= 15 is 0 Å². The fourth-order valence-electron chi connectivity index (χ4n) is 0.653. The molecule has 0 unspecified atom stereocenters. The molecular formula is C7H10F2N2O2. The Labute approximate surface area is 73.9 Å². The van der Waals surface area contributed by atoms with Crippen molar-refractivity contribution in [1.29, 1.82) is 0 Å². The number of rotatable bonds is 3. The zero-order chi connectivity index (χ0) is 10.1. The molecule has 0 bridgehead atoms. The molecule has 1 aromatic rings. The minimum absolute atomic E-state index is 0.0466. The zero-order valence-corrected chi connectivity index (χ0v) is 7.54. The second-order valence-corrected chi connectivity index (χ2v) is 2.96. The normalized spacial score (nSPS) is 12.5. The van der Waals surface area contributed by atoms with Crippen LogP contribution in [0.15, 0.2) is 4.42 Å². The van der Waals surface area contributed by atoms with Crippen molar-refractivity contribution in [3.05, 3.63) is 11.8 Å². The first-order valence-electron chi connectivity index (χ1n) is 3.64. The Balaban J connectivity index is 2.91. The van der Waals surface area contributed by atoms with Crippen LogP contribution in [0.1, 0.15) is 32.1 Å². The Bertz CT molecular complexity index is 286. The van der Waals surface area contributed by atoms with Crippen LogP contribution in [0, 0.1) is 0 Å². The van der Waals surface area contributed by atoms with Crippen LogP contribution in [0.3, 0.4) is 0 Å². The summed E-state index contributed by atoms with van der Waals surface area (Å²) in [5, 5.41) is 6.64. The third-order valence-electron chi connectivity index (χ3n) is 1.65. The maximum Gasteiger partial charge on any atom is 0.314 e. The molecule has 0 fully saturated rings. The summed E-state index contributed by atoms with van der Waals surface area (Å²) in [5.74, 6) is -0.634. The van der Waals surface area contributed by atoms with Gasteiger partial charge < -0.3 is 9.15 Å². The second-order valence-electron chi connectivity index (χ2n) is 2.96. The lowest BCUT2D eigenvalue weighted by atomic mass is 10.1. The van der Waals surface area contributed by atoms with E-state index in [0.717, 1.165) is 0 Å². The van der Waals surface area contributed by atoms with E-state index in [1.165, 1.54) is 7.11 Å². The van der Waals surface area contributed by atoms with Crippen LogP contribution in [0.4, 0.5) is 8.78 Å². The van der Waals surface area contributed by atoms with Crippen molar-refractivity contribution >= 4 is 0 Å². The minimum Gasteiger partial charge on any atom is -0.417 e. The van der Waals surface area contributed by atoms with Crippen LogP contribution in [-0.4, -0.2) is 17.3 Å². The number of hydrogen-bond donors (Lipinski definition) is 0. The number of hydrogen-bond acceptors (Lipinski definition) is 4. The van der Waals surface area contributed by atoms with Crippen molar-refractivity contribution in [2.45, 2.75) is 25.9 Å². The quantitative estimate of drug-likeness (QED) is 0.733. The summed E-state index contributed by atoms with van der Waals surface area (Å²) < 4.78 is 33.8. The molecule has 0 saturated heterocycles. The van der Waals surface area contributed by atoms with Gasteiger partial charge in [-0.2, -0.15) is 8.78 Å². The van der Waals surface area contributed by atoms with Crippen molar-refractivity contribution in [1.82, 2.24) is 10.2 Å². The molecule has 0 amide bonds. The van der Waals surface area contributed by atoms with Gasteiger partial charge in [0.25, 0.3) is 5.89 Å². The van der Waals surface area contributed by atoms with E-state index in [1.54, 1.807) is 13.8 Å². The lowest BCUT2D eigenvalue weighted by Crippen LogP contribution is -2.19. The summed E-state index contributed by atoms with van der Waals surface area (Å²) in [7, 11) is 1.44. The summed E-state index contributed by atoms with van der Waals surface area (Å²) >= 11 is 0. The van der Waals surface area contributed by atoms with Gasteiger partial charge in [0.1, 0.15) is 5.60 Å². The molecule has 0 radical (unpaired) electrons. The van der Waals surface area contributed by atoms with Gasteiger partial charge >= 0.3 is 6.43 Å². The number of halogens is 2. The topological polar surface area (TPSA) is 48.2 Å². The first-order valence-corrected chi connectivity index (χ1v) is 3.64. The maximum absolute atomic E-state index is 12.0. The standard InChI is InChI=1S/C7H10F2N2O2/c1-7(2,12-3)6-11-10-5(13-6)4(8)9/h4H,1-3H3. The van der Waals surface area contributed by atoms with Crippen molar-refractivity contribution in [2.75, 3.05) is 7.11 Å². The van der Waals surface area contributed by atoms with E-state index in [2.05, 4.69) is 10.2 Å². The highest BCUT2D eigenvalue weighted by atomic mass is 19.3. The highest BCUT2D eigenvalue weighted by Crippen LogP contribution is 2.25. The van der Waals surface area contributed by atoms with E-state index in [9.17, 15) is 8.78 Å². The monoisotopic (exact) mass is 192 g/mol. The molecule has 6 heteroatoms. The van der Waals surface area contributed by atoms with Crippen molar-refractivity contribution in [3.8, 4) is 0 Å². The molecule has 0 aliphatic rings. The Morgan fingerprint density at radius 1 is 1.38 bits per heavy atom. The van der Waals surface area contributed by atoms with Gasteiger partial charge in [0.05, 0.1) is 0 Å². The first kappa shape index (κ1) is 10.0. The van der Waals surface area contributed by atoms with Gasteiger partial charge in [0.2, 0.25) is 5.89 Å². The number of methoxy groups -OCH3 is 1. The number of ether oxygens (including phenoxy) is 1. The average molecular weight is 192 g/mol. The number of alkyl halides is 2. The van der Waals surface area contributed by atoms with Gasteiger partial charge in [-0.15, -0.1) is 10.2 Å². The van der Waals surface area contributed by atoms with Gasteiger partial charge in [-0.1, -0.05) is 0 Å². The zero-order valence-electron chi connectivity index (χ0n) is 7.54. The summed E-state index contributed by atoms with van der Waals surface area (Å²) in [5.41, 5.74) is -0.833. The maximum atomic E-state index is 12.0. The van der Waals surface area contributed by atoms with E-state index in [0.29, 0.717) is 0 Å². The lowest BCUT2D eigenvalue weighted by molar-refractivity contribution is -0.00744. The fraction of sp³-hybridized carbons (Fsp3) is 0.714. The molecule has 1 heterocycles. The first-order chi connectivity index (χ1) is 5.97. The molecule has 74 valence electrons. The van der Waals surface area contributed by atoms with Crippen molar-refractivity contribution in [2.24, 2.45) is 0 Å². The predicted molar refractivity (Wildman–Crippen MR) is 39.3 cm³/mol. The molecule has 0 aromatic carbocycles. The van der Waals surface area contributed by atoms with Crippen LogP contribution >= 0.6 is 0 Å². The largest absolute Gasteiger partial charge is 0.417 e. The van der Waals surface area contributed by atoms with Crippen LogP contribution in [0.5, 0.6) is 0 Å². The molecule has 0 spiro atoms. The molecule has 0 saturated carbocycles. The van der Waals surface area contributed by atoms with E-state index in [-0.39, 0.29) is 5.89 Å². The third kappa shape index (κ3) is 2.00. The highest BCUT2D eigenvalue weighted by molar-refractivity contribution is 4.93. The SMILES string of the molecule is COC(C)(C)c1nnc(C(F)F)o1. The predicted octanol–water partition coefficient (Wildman–Crippen LogP) is 1.89. The van der Waals surface area contributed by atoms with Gasteiger partial charge in [0, 0.05) is 7.11 Å². The van der Waals surface area contributed by atoms with Crippen LogP contribution in [0.2, 0.25) is 0 Å². The van der Waals surface area contributed by atoms with Crippen molar-refractivity contribution in [3.63, 3.8) is 0 Å². The van der Waals surface area contributed by atoms with Crippen LogP contribution in [-0.2, 0) is 10.3 Å². The average Bonchev–Trinajstić information content (AvgIpc) is 2.52. The number of aromatic nitrogens is 2. The Morgan fingerprint density at radius 3 is 2.38 bits per heavy atom. The molecular weight excluding hydrogens is 182 g/mol. The minimum atomic E-state index is -2.74. The van der Waals surface area contributed by atoms with Crippen LogP contribution < -0.4 is 0 Å². The lowest BCUT2D eigenvalue weighted by Gasteiger charge is -2.16. The third-order valence-corrected chi connectivity index (χ3v) is 1.65. The second kappa shape index (κ2) is 3.37. The van der Waals surface area contributed by atoms with Gasteiger partial charge in [0.15, 0.2) is 0 Å². The van der Waals surface area contributed by atoms with E-state index in [4.69, 9.17) is 9.15 Å². The molecule has 1 rings (SSSR count). The molecule has 0 N–H and O–H groups in total. The summed E-state index contributed by atoms with van der Waals surface area (Å²) in [6, 6.07) is 0. The fourth-order valence-corrected chi connectivity index (χ4v) is 0.653. The number of nitrogens with zero attached hydrogens (tertiary/aromatic N) is 2. The Hall–Kier alpha value is -1.04.